The molecule has 1 saturated heterocycles. The van der Waals surface area contributed by atoms with E-state index >= 15 is 0 Å². The van der Waals surface area contributed by atoms with Crippen LogP contribution in [0.1, 0.15) is 18.4 Å². The molecule has 0 unspecified atom stereocenters. The average molecular weight is 292 g/mol. The molecular formula is C15H20N2O4. The Bertz CT molecular complexity index is 524. The second-order valence-electron chi connectivity index (χ2n) is 4.87. The zero-order valence-electron chi connectivity index (χ0n) is 12.3. The first-order valence-corrected chi connectivity index (χ1v) is 6.93. The first-order chi connectivity index (χ1) is 10.2. The van der Waals surface area contributed by atoms with E-state index in [9.17, 15) is 9.59 Å². The third-order valence-electron chi connectivity index (χ3n) is 3.49. The van der Waals surface area contributed by atoms with E-state index in [1.165, 1.54) is 0 Å². The molecule has 0 atom stereocenters. The lowest BCUT2D eigenvalue weighted by Crippen LogP contribution is -2.41. The highest BCUT2D eigenvalue weighted by Gasteiger charge is 2.24. The van der Waals surface area contributed by atoms with Crippen LogP contribution in [-0.4, -0.2) is 44.0 Å². The molecule has 1 fully saturated rings. The Morgan fingerprint density at radius 3 is 2.43 bits per heavy atom. The summed E-state index contributed by atoms with van der Waals surface area (Å²) in [5.41, 5.74) is 0.843. The fraction of sp³-hybridized carbons (Fsp3) is 0.467. The van der Waals surface area contributed by atoms with E-state index in [4.69, 9.17) is 9.47 Å². The number of ether oxygens (including phenoxy) is 2. The van der Waals surface area contributed by atoms with Gasteiger partial charge in [-0.25, -0.2) is 0 Å². The van der Waals surface area contributed by atoms with E-state index in [1.54, 1.807) is 31.3 Å². The van der Waals surface area contributed by atoms with Crippen molar-refractivity contribution in [1.29, 1.82) is 0 Å². The summed E-state index contributed by atoms with van der Waals surface area (Å²) in [4.78, 5) is 25.3. The molecule has 2 rings (SSSR count). The maximum absolute atomic E-state index is 11.9. The van der Waals surface area contributed by atoms with Gasteiger partial charge in [0.05, 0.1) is 14.2 Å². The molecule has 1 heterocycles. The Kier molecular flexibility index (Phi) is 5.03. The monoisotopic (exact) mass is 292 g/mol. The predicted molar refractivity (Wildman–Crippen MR) is 77.2 cm³/mol. The van der Waals surface area contributed by atoms with E-state index in [-0.39, 0.29) is 6.54 Å². The van der Waals surface area contributed by atoms with Crippen molar-refractivity contribution < 1.29 is 19.1 Å². The van der Waals surface area contributed by atoms with E-state index < -0.39 is 11.8 Å². The second-order valence-corrected chi connectivity index (χ2v) is 4.87. The molecule has 1 aromatic rings. The Labute approximate surface area is 124 Å². The van der Waals surface area contributed by atoms with Gasteiger partial charge in [-0.3, -0.25) is 9.59 Å². The van der Waals surface area contributed by atoms with E-state index in [2.05, 4.69) is 5.32 Å². The van der Waals surface area contributed by atoms with Gasteiger partial charge in [0.1, 0.15) is 0 Å². The average Bonchev–Trinajstić information content (AvgIpc) is 3.05. The van der Waals surface area contributed by atoms with Crippen LogP contribution >= 0.6 is 0 Å². The number of hydrogen-bond donors (Lipinski definition) is 1. The number of methoxy groups -OCH3 is 2. The molecule has 0 spiro atoms. The van der Waals surface area contributed by atoms with Crippen molar-refractivity contribution in [3.05, 3.63) is 23.8 Å². The number of carbonyl (C=O) groups is 2. The molecule has 1 N–H and O–H groups in total. The molecule has 6 nitrogen and oxygen atoms in total. The Hall–Kier alpha value is -2.24. The molecule has 0 radical (unpaired) electrons. The van der Waals surface area contributed by atoms with Crippen LogP contribution in [-0.2, 0) is 16.1 Å². The summed E-state index contributed by atoms with van der Waals surface area (Å²) in [6.45, 7) is 1.62. The lowest BCUT2D eigenvalue weighted by atomic mass is 10.2. The van der Waals surface area contributed by atoms with Crippen molar-refractivity contribution in [3.8, 4) is 11.5 Å². The summed E-state index contributed by atoms with van der Waals surface area (Å²) in [5, 5.41) is 2.64. The number of hydrogen-bond acceptors (Lipinski definition) is 4. The van der Waals surface area contributed by atoms with Crippen molar-refractivity contribution in [2.75, 3.05) is 27.3 Å². The third kappa shape index (κ3) is 3.65. The second kappa shape index (κ2) is 6.97. The first-order valence-electron chi connectivity index (χ1n) is 6.93. The summed E-state index contributed by atoms with van der Waals surface area (Å²) in [6, 6.07) is 5.37. The topological polar surface area (TPSA) is 67.9 Å². The smallest absolute Gasteiger partial charge is 0.311 e. The minimum Gasteiger partial charge on any atom is -0.493 e. The van der Waals surface area contributed by atoms with Gasteiger partial charge in [-0.05, 0) is 30.5 Å². The van der Waals surface area contributed by atoms with Gasteiger partial charge in [0, 0.05) is 19.6 Å². The van der Waals surface area contributed by atoms with Crippen molar-refractivity contribution in [2.24, 2.45) is 0 Å². The molecule has 0 aromatic heterocycles. The van der Waals surface area contributed by atoms with Gasteiger partial charge in [-0.1, -0.05) is 6.07 Å². The molecule has 21 heavy (non-hydrogen) atoms. The molecule has 2 amide bonds. The van der Waals surface area contributed by atoms with Gasteiger partial charge < -0.3 is 19.7 Å². The molecule has 6 heteroatoms. The predicted octanol–water partition coefficient (Wildman–Crippen LogP) is 0.942. The van der Waals surface area contributed by atoms with Crippen LogP contribution in [0.2, 0.25) is 0 Å². The number of benzene rings is 1. The lowest BCUT2D eigenvalue weighted by Gasteiger charge is -2.15. The van der Waals surface area contributed by atoms with Crippen LogP contribution < -0.4 is 14.8 Å². The van der Waals surface area contributed by atoms with Crippen molar-refractivity contribution in [3.63, 3.8) is 0 Å². The molecule has 114 valence electrons. The normalized spacial score (nSPS) is 13.9. The highest BCUT2D eigenvalue weighted by atomic mass is 16.5. The lowest BCUT2D eigenvalue weighted by molar-refractivity contribution is -0.145. The Balaban J connectivity index is 1.93. The summed E-state index contributed by atoms with van der Waals surface area (Å²) in [5.74, 6) is 0.204. The highest BCUT2D eigenvalue weighted by Crippen LogP contribution is 2.27. The molecule has 0 saturated carbocycles. The van der Waals surface area contributed by atoms with Crippen LogP contribution in [0, 0.1) is 0 Å². The third-order valence-corrected chi connectivity index (χ3v) is 3.49. The van der Waals surface area contributed by atoms with Gasteiger partial charge in [0.25, 0.3) is 0 Å². The summed E-state index contributed by atoms with van der Waals surface area (Å²) in [6.07, 6.45) is 1.93. The SMILES string of the molecule is COc1ccc(CNC(=O)C(=O)N2CCCC2)cc1OC. The zero-order chi connectivity index (χ0) is 15.2. The summed E-state index contributed by atoms with van der Waals surface area (Å²) >= 11 is 0. The van der Waals surface area contributed by atoms with Crippen LogP contribution in [0.5, 0.6) is 11.5 Å². The molecule has 0 bridgehead atoms. The van der Waals surface area contributed by atoms with Gasteiger partial charge in [-0.2, -0.15) is 0 Å². The van der Waals surface area contributed by atoms with Crippen LogP contribution in [0.4, 0.5) is 0 Å². The minimum atomic E-state index is -0.563. The molecule has 0 aliphatic carbocycles. The van der Waals surface area contributed by atoms with Gasteiger partial charge in [0.2, 0.25) is 0 Å². The van der Waals surface area contributed by atoms with Crippen molar-refractivity contribution >= 4 is 11.8 Å². The maximum atomic E-state index is 11.9. The van der Waals surface area contributed by atoms with Gasteiger partial charge in [0.15, 0.2) is 11.5 Å². The standard InChI is InChI=1S/C15H20N2O4/c1-20-12-6-5-11(9-13(12)21-2)10-16-14(18)15(19)17-7-3-4-8-17/h5-6,9H,3-4,7-8,10H2,1-2H3,(H,16,18). The number of nitrogens with one attached hydrogen (secondary N) is 1. The van der Waals surface area contributed by atoms with Crippen LogP contribution in [0.3, 0.4) is 0 Å². The van der Waals surface area contributed by atoms with Crippen molar-refractivity contribution in [1.82, 2.24) is 10.2 Å². The summed E-state index contributed by atoms with van der Waals surface area (Å²) < 4.78 is 10.3. The fourth-order valence-corrected chi connectivity index (χ4v) is 2.31. The quantitative estimate of drug-likeness (QED) is 0.839. The van der Waals surface area contributed by atoms with Crippen LogP contribution in [0.25, 0.3) is 0 Å². The van der Waals surface area contributed by atoms with Gasteiger partial charge in [-0.15, -0.1) is 0 Å². The number of rotatable bonds is 4. The fourth-order valence-electron chi connectivity index (χ4n) is 2.31. The molecule has 1 aromatic carbocycles. The van der Waals surface area contributed by atoms with E-state index in [0.717, 1.165) is 18.4 Å². The molecule has 1 aliphatic rings. The van der Waals surface area contributed by atoms with E-state index in [1.807, 2.05) is 6.07 Å². The number of nitrogens with zero attached hydrogens (tertiary/aromatic N) is 1. The van der Waals surface area contributed by atoms with Gasteiger partial charge >= 0.3 is 11.8 Å². The minimum absolute atomic E-state index is 0.277. The number of amides is 2. The first kappa shape index (κ1) is 15.2. The number of carbonyl (C=O) groups excluding carboxylic acids is 2. The molecule has 1 aliphatic heterocycles. The largest absolute Gasteiger partial charge is 0.493 e. The van der Waals surface area contributed by atoms with E-state index in [0.29, 0.717) is 24.6 Å². The Morgan fingerprint density at radius 2 is 1.81 bits per heavy atom. The van der Waals surface area contributed by atoms with Crippen LogP contribution in [0.15, 0.2) is 18.2 Å². The molecular weight excluding hydrogens is 272 g/mol. The highest BCUT2D eigenvalue weighted by molar-refractivity contribution is 6.35. The number of likely N-dealkylation sites (tertiary alicyclic amines) is 1. The van der Waals surface area contributed by atoms with Crippen molar-refractivity contribution in [2.45, 2.75) is 19.4 Å². The summed E-state index contributed by atoms with van der Waals surface area (Å²) in [7, 11) is 3.12. The maximum Gasteiger partial charge on any atom is 0.311 e. The zero-order valence-corrected chi connectivity index (χ0v) is 12.3. The Morgan fingerprint density at radius 1 is 1.14 bits per heavy atom.